The molecule has 3 N–H and O–H groups in total. The van der Waals surface area contributed by atoms with Crippen LogP contribution in [0.3, 0.4) is 0 Å². The highest BCUT2D eigenvalue weighted by atomic mass is 35.5. The molecule has 2 amide bonds. The van der Waals surface area contributed by atoms with Gasteiger partial charge in [-0.1, -0.05) is 24.3 Å². The summed E-state index contributed by atoms with van der Waals surface area (Å²) in [5.41, 5.74) is 2.70. The van der Waals surface area contributed by atoms with Crippen LogP contribution in [0.4, 0.5) is 5.69 Å². The molecule has 1 atom stereocenters. The SMILES string of the molecule is Cc1ccc(C(=O)NCC2CCCN2)cc1NC(=O)c1ccccc1.Cl. The normalized spacial score (nSPS) is 15.8. The number of hydrogen-bond donors (Lipinski definition) is 3. The Morgan fingerprint density at radius 3 is 2.54 bits per heavy atom. The third-order valence-electron chi connectivity index (χ3n) is 4.46. The summed E-state index contributed by atoms with van der Waals surface area (Å²) in [5.74, 6) is -0.305. The van der Waals surface area contributed by atoms with Crippen LogP contribution in [0.5, 0.6) is 0 Å². The third-order valence-corrected chi connectivity index (χ3v) is 4.46. The molecule has 0 bridgehead atoms. The van der Waals surface area contributed by atoms with Gasteiger partial charge in [0.15, 0.2) is 0 Å². The molecule has 0 aliphatic carbocycles. The van der Waals surface area contributed by atoms with E-state index in [2.05, 4.69) is 16.0 Å². The van der Waals surface area contributed by atoms with Gasteiger partial charge in [-0.2, -0.15) is 0 Å². The first-order valence-electron chi connectivity index (χ1n) is 8.62. The van der Waals surface area contributed by atoms with Crippen LogP contribution in [0.25, 0.3) is 0 Å². The second-order valence-corrected chi connectivity index (χ2v) is 6.35. The van der Waals surface area contributed by atoms with Crippen LogP contribution in [-0.2, 0) is 0 Å². The fourth-order valence-corrected chi connectivity index (χ4v) is 2.93. The van der Waals surface area contributed by atoms with Crippen LogP contribution in [0, 0.1) is 6.92 Å². The number of anilines is 1. The monoisotopic (exact) mass is 373 g/mol. The van der Waals surface area contributed by atoms with Crippen LogP contribution in [0.15, 0.2) is 48.5 Å². The molecule has 1 aliphatic heterocycles. The van der Waals surface area contributed by atoms with Crippen molar-refractivity contribution in [2.45, 2.75) is 25.8 Å². The standard InChI is InChI=1S/C20H23N3O2.ClH/c1-14-9-10-16(19(24)22-13-17-8-5-11-21-17)12-18(14)23-20(25)15-6-3-2-4-7-15;/h2-4,6-7,9-10,12,17,21H,5,8,11,13H2,1H3,(H,22,24)(H,23,25);1H. The molecule has 2 aromatic carbocycles. The Kier molecular flexibility index (Phi) is 7.18. The summed E-state index contributed by atoms with van der Waals surface area (Å²) in [6.45, 7) is 3.55. The van der Waals surface area contributed by atoms with E-state index in [4.69, 9.17) is 0 Å². The fourth-order valence-electron chi connectivity index (χ4n) is 2.93. The second kappa shape index (κ2) is 9.36. The number of carbonyl (C=O) groups is 2. The molecule has 2 aromatic rings. The first-order valence-corrected chi connectivity index (χ1v) is 8.62. The first-order chi connectivity index (χ1) is 12.1. The molecule has 1 unspecified atom stereocenters. The van der Waals surface area contributed by atoms with Crippen LogP contribution in [0.1, 0.15) is 39.1 Å². The van der Waals surface area contributed by atoms with Gasteiger partial charge in [0.2, 0.25) is 0 Å². The number of aryl methyl sites for hydroxylation is 1. The zero-order valence-electron chi connectivity index (χ0n) is 14.7. The maximum atomic E-state index is 12.4. The van der Waals surface area contributed by atoms with E-state index in [0.717, 1.165) is 24.9 Å². The van der Waals surface area contributed by atoms with Gasteiger partial charge in [0, 0.05) is 29.4 Å². The Morgan fingerprint density at radius 1 is 1.08 bits per heavy atom. The van der Waals surface area contributed by atoms with E-state index in [1.54, 1.807) is 24.3 Å². The number of rotatable bonds is 5. The topological polar surface area (TPSA) is 70.2 Å². The molecule has 1 heterocycles. The van der Waals surface area contributed by atoms with Gasteiger partial charge in [-0.3, -0.25) is 9.59 Å². The van der Waals surface area contributed by atoms with Gasteiger partial charge in [0.05, 0.1) is 0 Å². The second-order valence-electron chi connectivity index (χ2n) is 6.35. The zero-order valence-corrected chi connectivity index (χ0v) is 15.6. The molecule has 0 spiro atoms. The molecule has 0 saturated carbocycles. The van der Waals surface area contributed by atoms with E-state index < -0.39 is 0 Å². The van der Waals surface area contributed by atoms with Crippen LogP contribution >= 0.6 is 12.4 Å². The van der Waals surface area contributed by atoms with E-state index in [1.165, 1.54) is 0 Å². The van der Waals surface area contributed by atoms with E-state index in [9.17, 15) is 9.59 Å². The van der Waals surface area contributed by atoms with Crippen molar-refractivity contribution < 1.29 is 9.59 Å². The molecule has 0 aromatic heterocycles. The van der Waals surface area contributed by atoms with Crippen LogP contribution in [-0.4, -0.2) is 30.9 Å². The predicted octanol–water partition coefficient (Wildman–Crippen LogP) is 3.15. The highest BCUT2D eigenvalue weighted by Gasteiger charge is 2.16. The van der Waals surface area contributed by atoms with Crippen molar-refractivity contribution in [3.63, 3.8) is 0 Å². The van der Waals surface area contributed by atoms with E-state index in [-0.39, 0.29) is 24.2 Å². The third kappa shape index (κ3) is 5.07. The fraction of sp³-hybridized carbons (Fsp3) is 0.300. The lowest BCUT2D eigenvalue weighted by molar-refractivity contribution is 0.0949. The van der Waals surface area contributed by atoms with Crippen molar-refractivity contribution in [1.82, 2.24) is 10.6 Å². The first kappa shape index (κ1) is 19.9. The van der Waals surface area contributed by atoms with E-state index >= 15 is 0 Å². The molecule has 5 nitrogen and oxygen atoms in total. The molecule has 138 valence electrons. The van der Waals surface area contributed by atoms with Gasteiger partial charge in [0.1, 0.15) is 0 Å². The number of nitrogens with one attached hydrogen (secondary N) is 3. The summed E-state index contributed by atoms with van der Waals surface area (Å²) < 4.78 is 0. The average Bonchev–Trinajstić information content (AvgIpc) is 3.16. The Bertz CT molecular complexity index is 759. The van der Waals surface area contributed by atoms with Gasteiger partial charge < -0.3 is 16.0 Å². The summed E-state index contributed by atoms with van der Waals surface area (Å²) in [6.07, 6.45) is 2.24. The van der Waals surface area contributed by atoms with Crippen LogP contribution in [0.2, 0.25) is 0 Å². The highest BCUT2D eigenvalue weighted by Crippen LogP contribution is 2.18. The van der Waals surface area contributed by atoms with E-state index in [1.807, 2.05) is 31.2 Å². The molecular weight excluding hydrogens is 350 g/mol. The minimum absolute atomic E-state index is 0. The molecule has 0 radical (unpaired) electrons. The lowest BCUT2D eigenvalue weighted by Gasteiger charge is -2.13. The maximum Gasteiger partial charge on any atom is 0.255 e. The van der Waals surface area contributed by atoms with E-state index in [0.29, 0.717) is 29.4 Å². The van der Waals surface area contributed by atoms with Gasteiger partial charge in [0.25, 0.3) is 11.8 Å². The molecule has 3 rings (SSSR count). The number of benzene rings is 2. The minimum Gasteiger partial charge on any atom is -0.350 e. The van der Waals surface area contributed by atoms with Crippen molar-refractivity contribution in [3.8, 4) is 0 Å². The van der Waals surface area contributed by atoms with Crippen LogP contribution < -0.4 is 16.0 Å². The summed E-state index contributed by atoms with van der Waals surface area (Å²) in [5, 5.41) is 9.20. The Morgan fingerprint density at radius 2 is 1.85 bits per heavy atom. The molecule has 1 fully saturated rings. The minimum atomic E-state index is -0.184. The molecule has 1 saturated heterocycles. The molecule has 6 heteroatoms. The summed E-state index contributed by atoms with van der Waals surface area (Å²) in [7, 11) is 0. The molecular formula is C20H24ClN3O2. The number of halogens is 1. The van der Waals surface area contributed by atoms with Gasteiger partial charge in [-0.25, -0.2) is 0 Å². The quantitative estimate of drug-likeness (QED) is 0.754. The van der Waals surface area contributed by atoms with Gasteiger partial charge >= 0.3 is 0 Å². The lowest BCUT2D eigenvalue weighted by atomic mass is 10.1. The Hall–Kier alpha value is -2.37. The predicted molar refractivity (Wildman–Crippen MR) is 106 cm³/mol. The summed E-state index contributed by atoms with van der Waals surface area (Å²) in [6, 6.07) is 14.7. The van der Waals surface area contributed by atoms with Crippen molar-refractivity contribution in [2.24, 2.45) is 0 Å². The van der Waals surface area contributed by atoms with Gasteiger partial charge in [-0.05, 0) is 56.1 Å². The average molecular weight is 374 g/mol. The molecule has 26 heavy (non-hydrogen) atoms. The smallest absolute Gasteiger partial charge is 0.255 e. The lowest BCUT2D eigenvalue weighted by Crippen LogP contribution is -2.37. The summed E-state index contributed by atoms with van der Waals surface area (Å²) in [4.78, 5) is 24.7. The van der Waals surface area contributed by atoms with Crippen molar-refractivity contribution >= 4 is 29.9 Å². The molecule has 1 aliphatic rings. The Labute approximate surface area is 160 Å². The number of amides is 2. The highest BCUT2D eigenvalue weighted by molar-refractivity contribution is 6.05. The van der Waals surface area contributed by atoms with Crippen molar-refractivity contribution in [2.75, 3.05) is 18.4 Å². The van der Waals surface area contributed by atoms with Crippen molar-refractivity contribution in [3.05, 3.63) is 65.2 Å². The van der Waals surface area contributed by atoms with Crippen molar-refractivity contribution in [1.29, 1.82) is 0 Å². The zero-order chi connectivity index (χ0) is 17.6. The Balaban J connectivity index is 0.00000243. The summed E-state index contributed by atoms with van der Waals surface area (Å²) >= 11 is 0. The number of carbonyl (C=O) groups excluding carboxylic acids is 2. The number of hydrogen-bond acceptors (Lipinski definition) is 3. The largest absolute Gasteiger partial charge is 0.350 e. The van der Waals surface area contributed by atoms with Gasteiger partial charge in [-0.15, -0.1) is 12.4 Å². The maximum absolute atomic E-state index is 12.4.